The molecular weight excluding hydrogens is 354 g/mol. The number of amides is 1. The first kappa shape index (κ1) is 19.8. The molecule has 150 valence electrons. The van der Waals surface area contributed by atoms with E-state index >= 15 is 0 Å². The van der Waals surface area contributed by atoms with Gasteiger partial charge in [0.15, 0.2) is 5.82 Å². The van der Waals surface area contributed by atoms with Crippen molar-refractivity contribution in [2.24, 2.45) is 11.1 Å². The average molecular weight is 383 g/mol. The minimum Gasteiger partial charge on any atom is -0.497 e. The molecule has 28 heavy (non-hydrogen) atoms. The van der Waals surface area contributed by atoms with Crippen LogP contribution < -0.4 is 15.8 Å². The second kappa shape index (κ2) is 6.89. The summed E-state index contributed by atoms with van der Waals surface area (Å²) < 4.78 is 6.97. The Labute approximate surface area is 165 Å². The topological polar surface area (TPSA) is 97.4 Å². The van der Waals surface area contributed by atoms with Crippen molar-refractivity contribution in [3.8, 4) is 17.0 Å². The van der Waals surface area contributed by atoms with E-state index in [1.807, 2.05) is 24.3 Å². The van der Waals surface area contributed by atoms with Gasteiger partial charge < -0.3 is 20.8 Å². The molecule has 0 atom stereocenters. The summed E-state index contributed by atoms with van der Waals surface area (Å²) in [6.45, 7) is 11.0. The summed E-state index contributed by atoms with van der Waals surface area (Å²) in [5.74, 6) is 1.06. The highest BCUT2D eigenvalue weighted by molar-refractivity contribution is 5.99. The number of aromatic nitrogens is 3. The van der Waals surface area contributed by atoms with Gasteiger partial charge in [-0.3, -0.25) is 4.79 Å². The zero-order valence-corrected chi connectivity index (χ0v) is 17.4. The van der Waals surface area contributed by atoms with E-state index < -0.39 is 5.91 Å². The Balaban J connectivity index is 2.13. The van der Waals surface area contributed by atoms with Gasteiger partial charge in [0.2, 0.25) is 0 Å². The van der Waals surface area contributed by atoms with Crippen molar-refractivity contribution in [2.45, 2.75) is 46.6 Å². The van der Waals surface area contributed by atoms with Gasteiger partial charge in [-0.1, -0.05) is 20.8 Å². The number of nitrogens with two attached hydrogens (primary N) is 1. The van der Waals surface area contributed by atoms with Gasteiger partial charge in [0.1, 0.15) is 17.0 Å². The summed E-state index contributed by atoms with van der Waals surface area (Å²) in [4.78, 5) is 15.1. The number of nitrogens with zero attached hydrogens (tertiary/aromatic N) is 2. The molecule has 2 heterocycles. The summed E-state index contributed by atoms with van der Waals surface area (Å²) in [7, 11) is 1.64. The fourth-order valence-electron chi connectivity index (χ4n) is 3.87. The van der Waals surface area contributed by atoms with Crippen molar-refractivity contribution >= 4 is 17.4 Å². The van der Waals surface area contributed by atoms with Crippen LogP contribution in [0.25, 0.3) is 16.9 Å². The van der Waals surface area contributed by atoms with E-state index in [9.17, 15) is 4.79 Å². The molecule has 0 saturated carbocycles. The Morgan fingerprint density at radius 3 is 2.39 bits per heavy atom. The Morgan fingerprint density at radius 1 is 1.21 bits per heavy atom. The van der Waals surface area contributed by atoms with E-state index in [1.165, 1.54) is 6.20 Å². The van der Waals surface area contributed by atoms with E-state index in [2.05, 4.69) is 50.0 Å². The molecule has 0 aliphatic rings. The Morgan fingerprint density at radius 2 is 1.86 bits per heavy atom. The van der Waals surface area contributed by atoms with Crippen LogP contribution in [0.2, 0.25) is 0 Å². The number of carbonyl (C=O) groups is 1. The van der Waals surface area contributed by atoms with Crippen molar-refractivity contribution in [1.82, 2.24) is 14.6 Å². The molecule has 0 fully saturated rings. The fraction of sp³-hybridized carbons (Fsp3) is 0.429. The highest BCUT2D eigenvalue weighted by atomic mass is 16.5. The van der Waals surface area contributed by atoms with E-state index in [0.717, 1.165) is 29.2 Å². The Bertz CT molecular complexity index is 990. The molecule has 0 radical (unpaired) electrons. The lowest BCUT2D eigenvalue weighted by Crippen LogP contribution is -2.36. The highest BCUT2D eigenvalue weighted by Gasteiger charge is 2.29. The molecule has 3 aromatic rings. The van der Waals surface area contributed by atoms with E-state index in [-0.39, 0.29) is 11.0 Å². The molecule has 7 nitrogen and oxygen atoms in total. The third kappa shape index (κ3) is 3.98. The maximum atomic E-state index is 11.8. The summed E-state index contributed by atoms with van der Waals surface area (Å²) >= 11 is 0. The first-order chi connectivity index (χ1) is 13.0. The smallest absolute Gasteiger partial charge is 0.254 e. The first-order valence-electron chi connectivity index (χ1n) is 9.33. The molecule has 4 N–H and O–H groups in total. The molecule has 1 amide bonds. The number of carbonyl (C=O) groups excluding carboxylic acids is 1. The Hall–Kier alpha value is -2.96. The number of nitrogens with one attached hydrogen (secondary N) is 2. The molecular formula is C21H29N5O2. The van der Waals surface area contributed by atoms with Gasteiger partial charge in [-0.05, 0) is 49.9 Å². The molecule has 0 spiro atoms. The number of ether oxygens (including phenoxy) is 1. The molecule has 7 heteroatoms. The van der Waals surface area contributed by atoms with Crippen LogP contribution in [0.4, 0.5) is 5.82 Å². The molecule has 3 rings (SSSR count). The molecule has 1 aromatic carbocycles. The maximum absolute atomic E-state index is 11.8. The van der Waals surface area contributed by atoms with Crippen LogP contribution >= 0.6 is 0 Å². The normalized spacial score (nSPS) is 12.4. The van der Waals surface area contributed by atoms with Gasteiger partial charge in [0.25, 0.3) is 5.91 Å². The number of hydrogen-bond donors (Lipinski definition) is 3. The standard InChI is InChI=1S/C21H29N5O2/c1-20(2,3)12-21(4,5)25-19-16(13-7-9-14(28-6)10-8-13)24-18-15(17(22)27)11-23-26(18)19/h7-11,24-25H,12H2,1-6H3,(H2,22,27). The number of benzene rings is 1. The average Bonchev–Trinajstić information content (AvgIpc) is 3.13. The monoisotopic (exact) mass is 383 g/mol. The van der Waals surface area contributed by atoms with Crippen LogP contribution in [0.1, 0.15) is 51.4 Å². The number of methoxy groups -OCH3 is 1. The third-order valence-corrected chi connectivity index (χ3v) is 4.53. The third-order valence-electron chi connectivity index (χ3n) is 4.53. The number of imidazole rings is 1. The SMILES string of the molecule is COc1ccc(-c2[nH]c3c(C(N)=O)cnn3c2NC(C)(C)CC(C)(C)C)cc1. The van der Waals surface area contributed by atoms with Gasteiger partial charge in [0, 0.05) is 11.1 Å². The summed E-state index contributed by atoms with van der Waals surface area (Å²) in [5, 5.41) is 8.03. The largest absolute Gasteiger partial charge is 0.497 e. The van der Waals surface area contributed by atoms with E-state index in [1.54, 1.807) is 11.6 Å². The first-order valence-corrected chi connectivity index (χ1v) is 9.33. The van der Waals surface area contributed by atoms with Crippen molar-refractivity contribution in [1.29, 1.82) is 0 Å². The van der Waals surface area contributed by atoms with Crippen LogP contribution in [0.3, 0.4) is 0 Å². The molecule has 0 bridgehead atoms. The molecule has 0 aliphatic carbocycles. The van der Waals surface area contributed by atoms with Gasteiger partial charge in [-0.2, -0.15) is 9.61 Å². The van der Waals surface area contributed by atoms with Crippen molar-refractivity contribution in [3.63, 3.8) is 0 Å². The number of H-pyrrole nitrogens is 1. The number of rotatable bonds is 6. The lowest BCUT2D eigenvalue weighted by Gasteiger charge is -2.34. The number of hydrogen-bond acceptors (Lipinski definition) is 4. The van der Waals surface area contributed by atoms with Crippen LogP contribution in [-0.4, -0.2) is 33.2 Å². The van der Waals surface area contributed by atoms with Crippen molar-refractivity contribution in [3.05, 3.63) is 36.0 Å². The summed E-state index contributed by atoms with van der Waals surface area (Å²) in [6.07, 6.45) is 2.44. The van der Waals surface area contributed by atoms with Crippen molar-refractivity contribution in [2.75, 3.05) is 12.4 Å². The highest BCUT2D eigenvalue weighted by Crippen LogP contribution is 2.35. The predicted molar refractivity (Wildman–Crippen MR) is 112 cm³/mol. The number of primary amides is 1. The van der Waals surface area contributed by atoms with Crippen LogP contribution in [-0.2, 0) is 0 Å². The number of fused-ring (bicyclic) bond motifs is 1. The van der Waals surface area contributed by atoms with Gasteiger partial charge >= 0.3 is 0 Å². The van der Waals surface area contributed by atoms with Crippen LogP contribution in [0.15, 0.2) is 30.5 Å². The molecule has 2 aromatic heterocycles. The number of anilines is 1. The minimum absolute atomic E-state index is 0.148. The Kier molecular flexibility index (Phi) is 4.87. The second-order valence-corrected chi connectivity index (χ2v) is 9.01. The molecule has 0 aliphatic heterocycles. The van der Waals surface area contributed by atoms with Gasteiger partial charge in [-0.25, -0.2) is 0 Å². The lowest BCUT2D eigenvalue weighted by atomic mass is 9.82. The lowest BCUT2D eigenvalue weighted by molar-refractivity contribution is 0.100. The van der Waals surface area contributed by atoms with Gasteiger partial charge in [0.05, 0.1) is 19.0 Å². The summed E-state index contributed by atoms with van der Waals surface area (Å²) in [5.41, 5.74) is 8.20. The van der Waals surface area contributed by atoms with Crippen molar-refractivity contribution < 1.29 is 9.53 Å². The molecule has 0 saturated heterocycles. The maximum Gasteiger partial charge on any atom is 0.254 e. The zero-order valence-electron chi connectivity index (χ0n) is 17.4. The predicted octanol–water partition coefficient (Wildman–Crippen LogP) is 4.06. The fourth-order valence-corrected chi connectivity index (χ4v) is 3.87. The van der Waals surface area contributed by atoms with Crippen LogP contribution in [0.5, 0.6) is 5.75 Å². The second-order valence-electron chi connectivity index (χ2n) is 9.01. The minimum atomic E-state index is -0.516. The van der Waals surface area contributed by atoms with Crippen LogP contribution in [0, 0.1) is 5.41 Å². The van der Waals surface area contributed by atoms with Gasteiger partial charge in [-0.15, -0.1) is 0 Å². The van der Waals surface area contributed by atoms with E-state index in [0.29, 0.717) is 11.2 Å². The molecule has 0 unspecified atom stereocenters. The number of aromatic amines is 1. The zero-order chi connectivity index (χ0) is 20.7. The van der Waals surface area contributed by atoms with E-state index in [4.69, 9.17) is 10.5 Å². The summed E-state index contributed by atoms with van der Waals surface area (Å²) in [6, 6.07) is 7.74. The quantitative estimate of drug-likeness (QED) is 0.598.